The van der Waals surface area contributed by atoms with Gasteiger partial charge in [-0.25, -0.2) is 8.42 Å². The van der Waals surface area contributed by atoms with Crippen molar-refractivity contribution in [1.29, 1.82) is 0 Å². The highest BCUT2D eigenvalue weighted by atomic mass is 32.2. The van der Waals surface area contributed by atoms with Crippen molar-refractivity contribution >= 4 is 33.0 Å². The third kappa shape index (κ3) is 3.65. The van der Waals surface area contributed by atoms with Crippen molar-refractivity contribution in [2.75, 3.05) is 12.3 Å². The molecule has 104 valence electrons. The predicted molar refractivity (Wildman–Crippen MR) is 75.1 cm³/mol. The second-order valence-corrected chi connectivity index (χ2v) is 7.70. The molecule has 1 atom stereocenters. The van der Waals surface area contributed by atoms with Crippen LogP contribution in [0.4, 0.5) is 0 Å². The van der Waals surface area contributed by atoms with E-state index in [0.29, 0.717) is 12.8 Å². The second-order valence-electron chi connectivity index (χ2n) is 4.88. The minimum absolute atomic E-state index is 0.0996. The summed E-state index contributed by atoms with van der Waals surface area (Å²) in [5.74, 6) is -0.264. The van der Waals surface area contributed by atoms with Gasteiger partial charge in [-0.2, -0.15) is 0 Å². The van der Waals surface area contributed by atoms with Gasteiger partial charge in [-0.1, -0.05) is 18.6 Å². The van der Waals surface area contributed by atoms with Crippen molar-refractivity contribution < 1.29 is 13.2 Å². The first-order chi connectivity index (χ1) is 8.25. The molecule has 0 aliphatic carbocycles. The average Bonchev–Trinajstić information content (AvgIpc) is 2.23. The van der Waals surface area contributed by atoms with Crippen LogP contribution in [0.15, 0.2) is 0 Å². The number of rotatable bonds is 4. The van der Waals surface area contributed by atoms with Crippen LogP contribution in [-0.2, 0) is 14.6 Å². The van der Waals surface area contributed by atoms with E-state index in [1.807, 2.05) is 13.8 Å². The summed E-state index contributed by atoms with van der Waals surface area (Å²) in [6.07, 6.45) is 1.82. The maximum Gasteiger partial charge on any atom is 0.241 e. The van der Waals surface area contributed by atoms with Crippen molar-refractivity contribution in [1.82, 2.24) is 4.90 Å². The lowest BCUT2D eigenvalue weighted by atomic mass is 10.1. The fraction of sp³-hybridized carbons (Fsp3) is 0.818. The Bertz CT molecular complexity index is 432. The number of nitrogens with two attached hydrogens (primary N) is 1. The fourth-order valence-electron chi connectivity index (χ4n) is 2.10. The molecule has 1 unspecified atom stereocenters. The van der Waals surface area contributed by atoms with E-state index >= 15 is 0 Å². The molecule has 2 N–H and O–H groups in total. The molecule has 0 bridgehead atoms. The monoisotopic (exact) mass is 292 g/mol. The van der Waals surface area contributed by atoms with Gasteiger partial charge in [-0.05, 0) is 26.7 Å². The highest BCUT2D eigenvalue weighted by Crippen LogP contribution is 2.22. The molecule has 0 aromatic heterocycles. The number of carbonyl (C=O) groups is 1. The molecule has 5 nitrogen and oxygen atoms in total. The Morgan fingerprint density at radius 1 is 1.44 bits per heavy atom. The molecular formula is C11H20N2O3S2. The lowest BCUT2D eigenvalue weighted by molar-refractivity contribution is -0.131. The molecule has 0 aromatic rings. The number of amides is 1. The minimum Gasteiger partial charge on any atom is -0.392 e. The molecule has 0 radical (unpaired) electrons. The molecule has 18 heavy (non-hydrogen) atoms. The maximum atomic E-state index is 12.3. The molecule has 0 saturated carbocycles. The summed E-state index contributed by atoms with van der Waals surface area (Å²) in [6, 6.07) is -0.115. The molecule has 1 aliphatic rings. The number of hydrogen-bond donors (Lipinski definition) is 1. The second kappa shape index (κ2) is 5.97. The van der Waals surface area contributed by atoms with E-state index < -0.39 is 15.1 Å². The summed E-state index contributed by atoms with van der Waals surface area (Å²) in [6.45, 7) is 3.79. The predicted octanol–water partition coefficient (Wildman–Crippen LogP) is 0.477. The zero-order valence-corrected chi connectivity index (χ0v) is 12.4. The number of nitrogens with zero attached hydrogens (tertiary/aromatic N) is 1. The average molecular weight is 292 g/mol. The van der Waals surface area contributed by atoms with Crippen molar-refractivity contribution in [3.8, 4) is 0 Å². The molecule has 7 heteroatoms. The van der Waals surface area contributed by atoms with Gasteiger partial charge in [0.15, 0.2) is 9.84 Å². The van der Waals surface area contributed by atoms with Gasteiger partial charge in [0.05, 0.1) is 17.3 Å². The Hall–Kier alpha value is -0.690. The quantitative estimate of drug-likeness (QED) is 0.762. The molecule has 1 amide bonds. The van der Waals surface area contributed by atoms with Gasteiger partial charge in [0.2, 0.25) is 5.91 Å². The van der Waals surface area contributed by atoms with E-state index in [4.69, 9.17) is 18.0 Å². The van der Waals surface area contributed by atoms with E-state index in [0.717, 1.165) is 6.42 Å². The minimum atomic E-state index is -3.31. The van der Waals surface area contributed by atoms with Gasteiger partial charge in [0.1, 0.15) is 5.25 Å². The van der Waals surface area contributed by atoms with Gasteiger partial charge >= 0.3 is 0 Å². The topological polar surface area (TPSA) is 80.5 Å². The summed E-state index contributed by atoms with van der Waals surface area (Å²) in [5.41, 5.74) is 5.45. The Balaban J connectivity index is 2.91. The van der Waals surface area contributed by atoms with Crippen molar-refractivity contribution in [3.63, 3.8) is 0 Å². The summed E-state index contributed by atoms with van der Waals surface area (Å²) in [4.78, 5) is 14.0. The van der Waals surface area contributed by atoms with Gasteiger partial charge in [0.25, 0.3) is 0 Å². The fourth-order valence-corrected chi connectivity index (χ4v) is 4.10. The zero-order chi connectivity index (χ0) is 13.9. The molecule has 1 rings (SSSR count). The smallest absolute Gasteiger partial charge is 0.241 e. The van der Waals surface area contributed by atoms with Crippen LogP contribution < -0.4 is 5.73 Å². The molecule has 1 fully saturated rings. The van der Waals surface area contributed by atoms with E-state index in [1.54, 1.807) is 0 Å². The van der Waals surface area contributed by atoms with Crippen LogP contribution in [-0.4, -0.2) is 47.8 Å². The molecule has 1 heterocycles. The standard InChI is InChI=1S/C11H20N2O3S2/c1-8(2)13(7-10(12)17)11(14)9-5-3-4-6-18(9,15)16/h8-9H,3-7H2,1-2H3,(H2,12,17). The van der Waals surface area contributed by atoms with E-state index in [9.17, 15) is 13.2 Å². The summed E-state index contributed by atoms with van der Waals surface area (Å²) < 4.78 is 23.8. The van der Waals surface area contributed by atoms with Gasteiger partial charge in [-0.3, -0.25) is 4.79 Å². The normalized spacial score (nSPS) is 22.7. The van der Waals surface area contributed by atoms with Gasteiger partial charge < -0.3 is 10.6 Å². The highest BCUT2D eigenvalue weighted by Gasteiger charge is 2.38. The largest absolute Gasteiger partial charge is 0.392 e. The van der Waals surface area contributed by atoms with Crippen LogP contribution in [0, 0.1) is 0 Å². The van der Waals surface area contributed by atoms with E-state index in [2.05, 4.69) is 0 Å². The molecule has 1 aliphatic heterocycles. The van der Waals surface area contributed by atoms with Crippen molar-refractivity contribution in [2.24, 2.45) is 5.73 Å². The lowest BCUT2D eigenvalue weighted by Crippen LogP contribution is -2.50. The van der Waals surface area contributed by atoms with Crippen LogP contribution in [0.3, 0.4) is 0 Å². The zero-order valence-electron chi connectivity index (χ0n) is 10.8. The van der Waals surface area contributed by atoms with Crippen LogP contribution >= 0.6 is 12.2 Å². The number of thiocarbonyl (C=S) groups is 1. The molecular weight excluding hydrogens is 272 g/mol. The van der Waals surface area contributed by atoms with Crippen molar-refractivity contribution in [3.05, 3.63) is 0 Å². The molecule has 1 saturated heterocycles. The Morgan fingerprint density at radius 2 is 2.06 bits per heavy atom. The van der Waals surface area contributed by atoms with Crippen molar-refractivity contribution in [2.45, 2.75) is 44.4 Å². The Labute approximate surface area is 114 Å². The van der Waals surface area contributed by atoms with Crippen LogP contribution in [0.5, 0.6) is 0 Å². The van der Waals surface area contributed by atoms with E-state index in [-0.39, 0.29) is 29.2 Å². The first-order valence-corrected chi connectivity index (χ1v) is 8.18. The van der Waals surface area contributed by atoms with E-state index in [1.165, 1.54) is 4.90 Å². The SMILES string of the molecule is CC(C)N(CC(N)=S)C(=O)C1CCCCS1(=O)=O. The molecule has 0 aromatic carbocycles. The number of hydrogen-bond acceptors (Lipinski definition) is 4. The number of carbonyl (C=O) groups excluding carboxylic acids is 1. The third-order valence-electron chi connectivity index (χ3n) is 3.09. The Kier molecular flexibility index (Phi) is 5.10. The van der Waals surface area contributed by atoms with Crippen LogP contribution in [0.25, 0.3) is 0 Å². The Morgan fingerprint density at radius 3 is 2.50 bits per heavy atom. The van der Waals surface area contributed by atoms with Crippen LogP contribution in [0.2, 0.25) is 0 Å². The lowest BCUT2D eigenvalue weighted by Gasteiger charge is -2.31. The molecule has 0 spiro atoms. The highest BCUT2D eigenvalue weighted by molar-refractivity contribution is 7.92. The summed E-state index contributed by atoms with van der Waals surface area (Å²) >= 11 is 4.80. The first-order valence-electron chi connectivity index (χ1n) is 6.06. The van der Waals surface area contributed by atoms with Gasteiger partial charge in [-0.15, -0.1) is 0 Å². The number of sulfone groups is 1. The summed E-state index contributed by atoms with van der Waals surface area (Å²) in [7, 11) is -3.31. The first kappa shape index (κ1) is 15.4. The maximum absolute atomic E-state index is 12.3. The summed E-state index contributed by atoms with van der Waals surface area (Å²) in [5, 5.41) is -0.914. The van der Waals surface area contributed by atoms with Crippen LogP contribution in [0.1, 0.15) is 33.1 Å². The van der Waals surface area contributed by atoms with Gasteiger partial charge in [0, 0.05) is 6.04 Å². The third-order valence-corrected chi connectivity index (χ3v) is 5.38.